The van der Waals surface area contributed by atoms with E-state index in [1.807, 2.05) is 67.0 Å². The first-order valence-electron chi connectivity index (χ1n) is 12.6. The van der Waals surface area contributed by atoms with Crippen LogP contribution in [0.5, 0.6) is 5.88 Å². The molecule has 202 valence electrons. The number of H-pyrrole nitrogens is 2. The number of alkyl halides is 3. The molecule has 7 aromatic rings. The zero-order valence-corrected chi connectivity index (χ0v) is 21.1. The van der Waals surface area contributed by atoms with Crippen LogP contribution in [0.3, 0.4) is 0 Å². The van der Waals surface area contributed by atoms with E-state index in [1.54, 1.807) is 29.4 Å². The standard InChI is InChI=1S/C30H20F3N7O/c31-30(32,33)41-27-3-1-2-26(39-27)40(21-7-5-19-9-13-35-24(19)17-21)25-11-15-36-28-22(25)10-14-37-29(28)38-20-6-4-18-8-12-34-23(18)16-20/h1-17,34-35H,(H,37,38). The Bertz CT molecular complexity index is 2030. The fraction of sp³-hybridized carbons (Fsp3) is 0.0333. The van der Waals surface area contributed by atoms with Gasteiger partial charge in [0.25, 0.3) is 0 Å². The number of halogens is 3. The molecule has 8 nitrogen and oxygen atoms in total. The van der Waals surface area contributed by atoms with Crippen molar-refractivity contribution in [1.29, 1.82) is 0 Å². The lowest BCUT2D eigenvalue weighted by Crippen LogP contribution is -2.19. The molecule has 0 aliphatic carbocycles. The number of hydrogen-bond acceptors (Lipinski definition) is 6. The van der Waals surface area contributed by atoms with Crippen molar-refractivity contribution >= 4 is 61.4 Å². The van der Waals surface area contributed by atoms with Gasteiger partial charge in [-0.3, -0.25) is 9.88 Å². The molecule has 41 heavy (non-hydrogen) atoms. The Balaban J connectivity index is 1.38. The summed E-state index contributed by atoms with van der Waals surface area (Å²) < 4.78 is 43.3. The summed E-state index contributed by atoms with van der Waals surface area (Å²) in [5.41, 5.74) is 4.54. The number of benzene rings is 2. The van der Waals surface area contributed by atoms with E-state index in [1.165, 1.54) is 12.1 Å². The van der Waals surface area contributed by atoms with E-state index in [4.69, 9.17) is 0 Å². The Hall–Kier alpha value is -5.58. The van der Waals surface area contributed by atoms with Gasteiger partial charge in [-0.05, 0) is 65.4 Å². The van der Waals surface area contributed by atoms with Crippen LogP contribution in [-0.4, -0.2) is 31.3 Å². The van der Waals surface area contributed by atoms with Gasteiger partial charge < -0.3 is 20.0 Å². The maximum Gasteiger partial charge on any atom is 0.574 e. The number of ether oxygens (including phenoxy) is 1. The third-order valence-electron chi connectivity index (χ3n) is 6.65. The summed E-state index contributed by atoms with van der Waals surface area (Å²) in [6, 6.07) is 23.4. The molecule has 7 rings (SSSR count). The number of hydrogen-bond donors (Lipinski definition) is 3. The number of aromatic amines is 2. The minimum atomic E-state index is -4.88. The third-order valence-corrected chi connectivity index (χ3v) is 6.65. The molecule has 11 heteroatoms. The second-order valence-corrected chi connectivity index (χ2v) is 9.26. The normalized spacial score (nSPS) is 11.8. The highest BCUT2D eigenvalue weighted by molar-refractivity contribution is 6.02. The van der Waals surface area contributed by atoms with Crippen LogP contribution >= 0.6 is 0 Å². The molecular formula is C30H20F3N7O. The van der Waals surface area contributed by atoms with Crippen LogP contribution in [0.2, 0.25) is 0 Å². The molecule has 0 spiro atoms. The molecule has 0 aliphatic heterocycles. The van der Waals surface area contributed by atoms with Crippen LogP contribution < -0.4 is 15.0 Å². The summed E-state index contributed by atoms with van der Waals surface area (Å²) in [5, 5.41) is 6.14. The van der Waals surface area contributed by atoms with Crippen molar-refractivity contribution in [1.82, 2.24) is 24.9 Å². The lowest BCUT2D eigenvalue weighted by atomic mass is 10.1. The molecule has 0 atom stereocenters. The first-order valence-corrected chi connectivity index (χ1v) is 12.6. The van der Waals surface area contributed by atoms with Gasteiger partial charge in [0.05, 0.1) is 5.69 Å². The van der Waals surface area contributed by atoms with Crippen molar-refractivity contribution in [3.63, 3.8) is 0 Å². The number of fused-ring (bicyclic) bond motifs is 3. The summed E-state index contributed by atoms with van der Waals surface area (Å²) in [5.74, 6) is 0.189. The smallest absolute Gasteiger partial charge is 0.388 e. The Morgan fingerprint density at radius 1 is 0.780 bits per heavy atom. The van der Waals surface area contributed by atoms with Gasteiger partial charge in [-0.15, -0.1) is 13.2 Å². The largest absolute Gasteiger partial charge is 0.574 e. The van der Waals surface area contributed by atoms with Gasteiger partial charge >= 0.3 is 6.36 Å². The van der Waals surface area contributed by atoms with Crippen molar-refractivity contribution in [2.75, 3.05) is 10.2 Å². The fourth-order valence-electron chi connectivity index (χ4n) is 4.89. The highest BCUT2D eigenvalue weighted by atomic mass is 19.4. The van der Waals surface area contributed by atoms with Crippen LogP contribution in [0, 0.1) is 0 Å². The number of nitrogens with one attached hydrogen (secondary N) is 3. The Morgan fingerprint density at radius 3 is 2.34 bits per heavy atom. The molecule has 0 aliphatic rings. The molecule has 3 N–H and O–H groups in total. The maximum absolute atomic E-state index is 13.1. The van der Waals surface area contributed by atoms with Crippen molar-refractivity contribution in [2.24, 2.45) is 0 Å². The van der Waals surface area contributed by atoms with E-state index >= 15 is 0 Å². The predicted molar refractivity (Wildman–Crippen MR) is 152 cm³/mol. The Kier molecular flexibility index (Phi) is 5.70. The zero-order valence-electron chi connectivity index (χ0n) is 21.1. The van der Waals surface area contributed by atoms with Crippen LogP contribution in [0.1, 0.15) is 0 Å². The lowest BCUT2D eigenvalue weighted by Gasteiger charge is -2.26. The van der Waals surface area contributed by atoms with Crippen LogP contribution in [-0.2, 0) is 0 Å². The van der Waals surface area contributed by atoms with Gasteiger partial charge in [0.1, 0.15) is 11.3 Å². The number of anilines is 5. The predicted octanol–water partition coefficient (Wildman–Crippen LogP) is 8.10. The summed E-state index contributed by atoms with van der Waals surface area (Å²) in [6.45, 7) is 0. The van der Waals surface area contributed by atoms with E-state index < -0.39 is 12.2 Å². The quantitative estimate of drug-likeness (QED) is 0.193. The van der Waals surface area contributed by atoms with Gasteiger partial charge in [-0.25, -0.2) is 4.98 Å². The van der Waals surface area contributed by atoms with E-state index in [-0.39, 0.29) is 5.82 Å². The highest BCUT2D eigenvalue weighted by Gasteiger charge is 2.32. The molecule has 0 radical (unpaired) electrons. The van der Waals surface area contributed by atoms with Gasteiger partial charge in [-0.1, -0.05) is 18.2 Å². The molecule has 5 aromatic heterocycles. The van der Waals surface area contributed by atoms with Gasteiger partial charge in [-0.2, -0.15) is 4.98 Å². The van der Waals surface area contributed by atoms with Gasteiger partial charge in [0.2, 0.25) is 5.88 Å². The molecule has 0 amide bonds. The molecule has 0 unspecified atom stereocenters. The fourth-order valence-corrected chi connectivity index (χ4v) is 4.89. The molecule has 0 saturated heterocycles. The van der Waals surface area contributed by atoms with Crippen molar-refractivity contribution in [3.05, 3.63) is 104 Å². The number of pyridine rings is 3. The Morgan fingerprint density at radius 2 is 1.54 bits per heavy atom. The summed E-state index contributed by atoms with van der Waals surface area (Å²) in [4.78, 5) is 21.5. The molecule has 0 bridgehead atoms. The Labute approximate surface area is 230 Å². The molecule has 2 aromatic carbocycles. The number of nitrogens with zero attached hydrogens (tertiary/aromatic N) is 4. The second-order valence-electron chi connectivity index (χ2n) is 9.26. The summed E-state index contributed by atoms with van der Waals surface area (Å²) in [6.07, 6.45) is 2.12. The zero-order chi connectivity index (χ0) is 28.0. The molecular weight excluding hydrogens is 531 g/mol. The van der Waals surface area contributed by atoms with Gasteiger partial charge in [0, 0.05) is 58.6 Å². The van der Waals surface area contributed by atoms with Crippen LogP contribution in [0.15, 0.2) is 104 Å². The lowest BCUT2D eigenvalue weighted by molar-refractivity contribution is -0.276. The number of rotatable bonds is 6. The summed E-state index contributed by atoms with van der Waals surface area (Å²) in [7, 11) is 0. The topological polar surface area (TPSA) is 94.8 Å². The van der Waals surface area contributed by atoms with Crippen molar-refractivity contribution in [3.8, 4) is 5.88 Å². The van der Waals surface area contributed by atoms with E-state index in [0.717, 1.165) is 27.5 Å². The second kappa shape index (κ2) is 9.56. The monoisotopic (exact) mass is 551 g/mol. The van der Waals surface area contributed by atoms with Crippen molar-refractivity contribution in [2.45, 2.75) is 6.36 Å². The first kappa shape index (κ1) is 24.5. The van der Waals surface area contributed by atoms with Gasteiger partial charge in [0.15, 0.2) is 5.82 Å². The molecule has 0 saturated carbocycles. The third kappa shape index (κ3) is 4.73. The van der Waals surface area contributed by atoms with E-state index in [9.17, 15) is 13.2 Å². The van der Waals surface area contributed by atoms with Crippen LogP contribution in [0.25, 0.3) is 32.7 Å². The molecule has 5 heterocycles. The first-order chi connectivity index (χ1) is 19.9. The minimum absolute atomic E-state index is 0.230. The number of aromatic nitrogens is 5. The summed E-state index contributed by atoms with van der Waals surface area (Å²) >= 11 is 0. The van der Waals surface area contributed by atoms with Crippen LogP contribution in [0.4, 0.5) is 41.9 Å². The molecule has 0 fully saturated rings. The van der Waals surface area contributed by atoms with E-state index in [0.29, 0.717) is 28.1 Å². The minimum Gasteiger partial charge on any atom is -0.388 e. The maximum atomic E-state index is 13.1. The van der Waals surface area contributed by atoms with E-state index in [2.05, 4.69) is 35.0 Å². The highest BCUT2D eigenvalue weighted by Crippen LogP contribution is 2.40. The average molecular weight is 552 g/mol. The van der Waals surface area contributed by atoms with Crippen molar-refractivity contribution < 1.29 is 17.9 Å². The SMILES string of the molecule is FC(F)(F)Oc1cccc(N(c2ccc3cc[nH]c3c2)c2ccnc3c(Nc4ccc5cc[nH]c5c4)nccc23)n1. The average Bonchev–Trinajstić information content (AvgIpc) is 3.62.